The smallest absolute Gasteiger partial charge is 0.0159 e. The molecule has 2 heteroatoms. The molecule has 3 aliphatic heterocycles. The fourth-order valence-electron chi connectivity index (χ4n) is 8.55. The molecule has 5 unspecified atom stereocenters. The first-order valence-electron chi connectivity index (χ1n) is 13.6. The van der Waals surface area contributed by atoms with Crippen molar-refractivity contribution in [2.24, 2.45) is 28.6 Å². The van der Waals surface area contributed by atoms with Crippen LogP contribution in [0.4, 0.5) is 0 Å². The summed E-state index contributed by atoms with van der Waals surface area (Å²) in [4.78, 5) is 5.82. The number of hydrogen-bond acceptors (Lipinski definition) is 2. The Kier molecular flexibility index (Phi) is 5.99. The summed E-state index contributed by atoms with van der Waals surface area (Å²) in [5, 5.41) is 0. The van der Waals surface area contributed by atoms with Gasteiger partial charge in [0, 0.05) is 35.7 Å². The fraction of sp³-hybridized carbons (Fsp3) is 1.00. The van der Waals surface area contributed by atoms with E-state index in [4.69, 9.17) is 0 Å². The van der Waals surface area contributed by atoms with Crippen LogP contribution in [0.3, 0.4) is 0 Å². The SMILES string of the molecule is CC(C)(C)C1CC2CCC(C1)N2C(C)(C)CCC(C)(C)C1CC2CC1CN2C(C)(C)C. The van der Waals surface area contributed by atoms with Crippen molar-refractivity contribution in [3.63, 3.8) is 0 Å². The number of likely N-dealkylation sites (tertiary alicyclic amines) is 1. The van der Waals surface area contributed by atoms with Gasteiger partial charge in [-0.05, 0) is 115 Å². The van der Waals surface area contributed by atoms with E-state index in [0.29, 0.717) is 21.9 Å². The van der Waals surface area contributed by atoms with Crippen LogP contribution >= 0.6 is 0 Å². The molecule has 0 aromatic carbocycles. The minimum absolute atomic E-state index is 0.342. The molecule has 4 rings (SSSR count). The summed E-state index contributed by atoms with van der Waals surface area (Å²) in [7, 11) is 0. The Morgan fingerprint density at radius 3 is 1.71 bits per heavy atom. The second kappa shape index (κ2) is 7.72. The topological polar surface area (TPSA) is 6.48 Å². The van der Waals surface area contributed by atoms with Gasteiger partial charge in [-0.25, -0.2) is 0 Å². The van der Waals surface area contributed by atoms with Crippen LogP contribution in [0, 0.1) is 28.6 Å². The molecule has 2 nitrogen and oxygen atoms in total. The normalized spacial score (nSPS) is 37.7. The van der Waals surface area contributed by atoms with Gasteiger partial charge in [0.15, 0.2) is 0 Å². The van der Waals surface area contributed by atoms with Gasteiger partial charge in [-0.1, -0.05) is 34.6 Å². The molecule has 4 fully saturated rings. The molecule has 0 radical (unpaired) electrons. The standard InChI is InChI=1S/C29H54N2/c1-26(2,3)21-16-22-11-12-23(17-21)31(22)29(9,10)14-13-28(7,8)25-18-24-15-20(25)19-30(24)27(4,5)6/h20-25H,11-19H2,1-10H3. The lowest BCUT2D eigenvalue weighted by atomic mass is 9.67. The number of hydrogen-bond donors (Lipinski definition) is 0. The highest BCUT2D eigenvalue weighted by molar-refractivity contribution is 5.06. The van der Waals surface area contributed by atoms with Crippen LogP contribution in [0.15, 0.2) is 0 Å². The predicted molar refractivity (Wildman–Crippen MR) is 134 cm³/mol. The summed E-state index contributed by atoms with van der Waals surface area (Å²) >= 11 is 0. The predicted octanol–water partition coefficient (Wildman–Crippen LogP) is 7.37. The largest absolute Gasteiger partial charge is 0.295 e. The van der Waals surface area contributed by atoms with Crippen molar-refractivity contribution in [2.75, 3.05) is 6.54 Å². The van der Waals surface area contributed by atoms with Crippen molar-refractivity contribution in [3.8, 4) is 0 Å². The number of piperidine rings is 2. The quantitative estimate of drug-likeness (QED) is 0.449. The molecule has 4 bridgehead atoms. The van der Waals surface area contributed by atoms with Crippen molar-refractivity contribution in [3.05, 3.63) is 0 Å². The summed E-state index contributed by atoms with van der Waals surface area (Å²) in [6.07, 6.45) is 11.4. The number of fused-ring (bicyclic) bond motifs is 4. The van der Waals surface area contributed by atoms with Crippen molar-refractivity contribution < 1.29 is 0 Å². The van der Waals surface area contributed by atoms with E-state index in [1.54, 1.807) is 0 Å². The first-order chi connectivity index (χ1) is 14.1. The number of nitrogens with zero attached hydrogens (tertiary/aromatic N) is 2. The van der Waals surface area contributed by atoms with E-state index in [9.17, 15) is 0 Å². The molecule has 0 aromatic heterocycles. The molecule has 0 aromatic rings. The van der Waals surface area contributed by atoms with Crippen LogP contribution < -0.4 is 0 Å². The maximum absolute atomic E-state index is 3.01. The average Bonchev–Trinajstić information content (AvgIpc) is 3.31. The van der Waals surface area contributed by atoms with Crippen molar-refractivity contribution in [1.29, 1.82) is 0 Å². The van der Waals surface area contributed by atoms with Gasteiger partial charge in [0.1, 0.15) is 0 Å². The van der Waals surface area contributed by atoms with Gasteiger partial charge in [-0.2, -0.15) is 0 Å². The van der Waals surface area contributed by atoms with E-state index < -0.39 is 0 Å². The Morgan fingerprint density at radius 1 is 0.677 bits per heavy atom. The molecular formula is C29H54N2. The van der Waals surface area contributed by atoms with Crippen molar-refractivity contribution in [2.45, 2.75) is 150 Å². The summed E-state index contributed by atoms with van der Waals surface area (Å²) in [6.45, 7) is 26.3. The average molecular weight is 431 g/mol. The van der Waals surface area contributed by atoms with Crippen molar-refractivity contribution in [1.82, 2.24) is 9.80 Å². The van der Waals surface area contributed by atoms with Gasteiger partial charge in [0.05, 0.1) is 0 Å². The van der Waals surface area contributed by atoms with E-state index in [2.05, 4.69) is 79.0 Å². The Morgan fingerprint density at radius 2 is 1.26 bits per heavy atom. The van der Waals surface area contributed by atoms with Gasteiger partial charge in [-0.3, -0.25) is 9.80 Å². The van der Waals surface area contributed by atoms with Gasteiger partial charge in [0.25, 0.3) is 0 Å². The van der Waals surface area contributed by atoms with E-state index in [1.165, 1.54) is 57.9 Å². The molecule has 180 valence electrons. The van der Waals surface area contributed by atoms with Crippen LogP contribution in [0.2, 0.25) is 0 Å². The van der Waals surface area contributed by atoms with Crippen molar-refractivity contribution >= 4 is 0 Å². The second-order valence-corrected chi connectivity index (χ2v) is 15.4. The van der Waals surface area contributed by atoms with Crippen LogP contribution in [-0.4, -0.2) is 45.5 Å². The molecule has 1 saturated carbocycles. The lowest BCUT2D eigenvalue weighted by molar-refractivity contribution is -0.0261. The van der Waals surface area contributed by atoms with Gasteiger partial charge < -0.3 is 0 Å². The van der Waals surface area contributed by atoms with E-state index in [1.807, 2.05) is 0 Å². The Balaban J connectivity index is 1.37. The third-order valence-corrected chi connectivity index (χ3v) is 10.4. The van der Waals surface area contributed by atoms with Gasteiger partial charge >= 0.3 is 0 Å². The zero-order chi connectivity index (χ0) is 23.0. The molecule has 0 spiro atoms. The van der Waals surface area contributed by atoms with E-state index in [-0.39, 0.29) is 0 Å². The van der Waals surface area contributed by atoms with Crippen LogP contribution in [0.1, 0.15) is 121 Å². The molecule has 0 N–H and O–H groups in total. The highest BCUT2D eigenvalue weighted by Crippen LogP contribution is 2.54. The first-order valence-corrected chi connectivity index (χ1v) is 13.6. The monoisotopic (exact) mass is 430 g/mol. The first kappa shape index (κ1) is 24.1. The lowest BCUT2D eigenvalue weighted by Crippen LogP contribution is -2.56. The third-order valence-electron chi connectivity index (χ3n) is 10.4. The summed E-state index contributed by atoms with van der Waals surface area (Å²) in [6, 6.07) is 2.52. The zero-order valence-corrected chi connectivity index (χ0v) is 22.7. The molecule has 1 aliphatic carbocycles. The lowest BCUT2D eigenvalue weighted by Gasteiger charge is -2.52. The fourth-order valence-corrected chi connectivity index (χ4v) is 8.55. The van der Waals surface area contributed by atoms with Gasteiger partial charge in [0.2, 0.25) is 0 Å². The summed E-state index contributed by atoms with van der Waals surface area (Å²) in [5.41, 5.74) is 1.64. The molecule has 3 heterocycles. The second-order valence-electron chi connectivity index (χ2n) is 15.4. The molecule has 3 saturated heterocycles. The van der Waals surface area contributed by atoms with Crippen LogP contribution in [-0.2, 0) is 0 Å². The highest BCUT2D eigenvalue weighted by atomic mass is 15.3. The molecule has 0 amide bonds. The maximum Gasteiger partial charge on any atom is 0.0159 e. The highest BCUT2D eigenvalue weighted by Gasteiger charge is 2.53. The van der Waals surface area contributed by atoms with Gasteiger partial charge in [-0.15, -0.1) is 0 Å². The molecular weight excluding hydrogens is 376 g/mol. The Bertz CT molecular complexity index is 635. The minimum atomic E-state index is 0.342. The summed E-state index contributed by atoms with van der Waals surface area (Å²) in [5.74, 6) is 2.77. The molecule has 5 atom stereocenters. The van der Waals surface area contributed by atoms with Crippen LogP contribution in [0.5, 0.6) is 0 Å². The van der Waals surface area contributed by atoms with Crippen LogP contribution in [0.25, 0.3) is 0 Å². The van der Waals surface area contributed by atoms with E-state index >= 15 is 0 Å². The zero-order valence-electron chi connectivity index (χ0n) is 22.7. The molecule has 4 aliphatic rings. The minimum Gasteiger partial charge on any atom is -0.295 e. The van der Waals surface area contributed by atoms with E-state index in [0.717, 1.165) is 35.9 Å². The Hall–Kier alpha value is -0.0800. The molecule has 31 heavy (non-hydrogen) atoms. The Labute approximate surface area is 194 Å². The summed E-state index contributed by atoms with van der Waals surface area (Å²) < 4.78 is 0. The maximum atomic E-state index is 3.01. The number of rotatable bonds is 5. The third kappa shape index (κ3) is 4.51.